The lowest BCUT2D eigenvalue weighted by Gasteiger charge is -2.32. The van der Waals surface area contributed by atoms with E-state index in [-0.39, 0.29) is 35.2 Å². The van der Waals surface area contributed by atoms with Gasteiger partial charge >= 0.3 is 6.18 Å². The third-order valence-electron chi connectivity index (χ3n) is 8.62. The lowest BCUT2D eigenvalue weighted by molar-refractivity contribution is -0.141. The van der Waals surface area contributed by atoms with Gasteiger partial charge in [0, 0.05) is 37.8 Å². The van der Waals surface area contributed by atoms with E-state index in [1.54, 1.807) is 59.5 Å². The molecule has 1 N–H and O–H groups in total. The predicted octanol–water partition coefficient (Wildman–Crippen LogP) is 6.33. The number of likely N-dealkylation sites (tertiary alicyclic amines) is 2. The lowest BCUT2D eigenvalue weighted by Crippen LogP contribution is -2.38. The van der Waals surface area contributed by atoms with Gasteiger partial charge in [0.05, 0.1) is 11.4 Å². The zero-order valence-corrected chi connectivity index (χ0v) is 27.6. The first-order chi connectivity index (χ1) is 23.4. The van der Waals surface area contributed by atoms with Crippen molar-refractivity contribution in [3.63, 3.8) is 0 Å². The molecule has 1 amide bonds. The highest BCUT2D eigenvalue weighted by Gasteiger charge is 2.33. The molecule has 0 aliphatic carbocycles. The van der Waals surface area contributed by atoms with Crippen LogP contribution in [0.2, 0.25) is 0 Å². The molecule has 2 aliphatic heterocycles. The monoisotopic (exact) mass is 695 g/mol. The molecule has 2 aliphatic rings. The number of ether oxygens (including phenoxy) is 2. The first-order valence-corrected chi connectivity index (χ1v) is 17.6. The van der Waals surface area contributed by atoms with Gasteiger partial charge in [0.2, 0.25) is 15.9 Å². The summed E-state index contributed by atoms with van der Waals surface area (Å²) in [6.45, 7) is 2.60. The quantitative estimate of drug-likeness (QED) is 0.205. The first kappa shape index (κ1) is 34.2. The number of piperidine rings is 1. The van der Waals surface area contributed by atoms with Crippen molar-refractivity contribution in [2.75, 3.05) is 37.9 Å². The van der Waals surface area contributed by atoms with Crippen LogP contribution in [0.15, 0.2) is 84.9 Å². The predicted molar refractivity (Wildman–Crippen MR) is 177 cm³/mol. The molecule has 1 atom stereocenters. The number of nitrogens with zero attached hydrogens (tertiary/aromatic N) is 4. The second-order valence-corrected chi connectivity index (χ2v) is 14.1. The second kappa shape index (κ2) is 14.4. The van der Waals surface area contributed by atoms with Crippen LogP contribution in [-0.4, -0.2) is 73.7 Å². The normalized spacial score (nSPS) is 17.6. The van der Waals surface area contributed by atoms with Crippen molar-refractivity contribution in [1.82, 2.24) is 20.0 Å². The molecule has 1 aromatic heterocycles. The molecule has 0 bridgehead atoms. The maximum absolute atomic E-state index is 13.7. The van der Waals surface area contributed by atoms with Gasteiger partial charge in [-0.3, -0.25) is 9.52 Å². The Balaban J connectivity index is 1.10. The van der Waals surface area contributed by atoms with Gasteiger partial charge in [-0.25, -0.2) is 8.42 Å². The van der Waals surface area contributed by atoms with Gasteiger partial charge in [-0.2, -0.15) is 13.2 Å². The summed E-state index contributed by atoms with van der Waals surface area (Å²) in [6.07, 6.45) is -2.44. The van der Waals surface area contributed by atoms with E-state index in [1.807, 2.05) is 25.2 Å². The smallest absolute Gasteiger partial charge is 0.435 e. The number of aromatic nitrogens is 2. The molecule has 49 heavy (non-hydrogen) atoms. The average Bonchev–Trinajstić information content (AvgIpc) is 3.49. The lowest BCUT2D eigenvalue weighted by atomic mass is 9.89. The highest BCUT2D eigenvalue weighted by atomic mass is 32.2. The van der Waals surface area contributed by atoms with Crippen molar-refractivity contribution < 1.29 is 35.9 Å². The Labute approximate surface area is 282 Å². The van der Waals surface area contributed by atoms with E-state index >= 15 is 0 Å². The van der Waals surface area contributed by atoms with Crippen LogP contribution in [0, 0.1) is 0 Å². The summed E-state index contributed by atoms with van der Waals surface area (Å²) in [5.74, 6) is 0.505. The zero-order valence-electron chi connectivity index (χ0n) is 26.8. The summed E-state index contributed by atoms with van der Waals surface area (Å²) in [7, 11) is -1.81. The molecule has 3 heterocycles. The number of likely N-dealkylation sites (N-methyl/N-ethyl adjacent to an activating group) is 1. The topological polar surface area (TPSA) is 114 Å². The van der Waals surface area contributed by atoms with Crippen molar-refractivity contribution in [3.05, 3.63) is 107 Å². The Morgan fingerprint density at radius 2 is 1.65 bits per heavy atom. The summed E-state index contributed by atoms with van der Waals surface area (Å²) in [4.78, 5) is 17.6. The number of alkyl halides is 3. The molecule has 14 heteroatoms. The minimum absolute atomic E-state index is 0.0505. The number of nitrogens with one attached hydrogen (secondary N) is 1. The number of halogens is 3. The van der Waals surface area contributed by atoms with Crippen LogP contribution in [0.3, 0.4) is 0 Å². The van der Waals surface area contributed by atoms with Gasteiger partial charge in [0.15, 0.2) is 5.69 Å². The van der Waals surface area contributed by atoms with Crippen LogP contribution < -0.4 is 14.2 Å². The second-order valence-electron chi connectivity index (χ2n) is 12.3. The SMILES string of the molecule is CN1CC[C@@H](Oc2ccc(C(=O)N3CCC(c4ccc(Oc5ccc(C(F)(F)F)nn5)cc4)CC3)cc2NS(=O)(=O)Cc2ccccc2)C1. The first-order valence-electron chi connectivity index (χ1n) is 15.9. The van der Waals surface area contributed by atoms with Crippen molar-refractivity contribution in [2.24, 2.45) is 0 Å². The van der Waals surface area contributed by atoms with Crippen LogP contribution in [0.5, 0.6) is 17.4 Å². The number of carbonyl (C=O) groups excluding carboxylic acids is 1. The number of anilines is 1. The van der Waals surface area contributed by atoms with Crippen molar-refractivity contribution in [1.29, 1.82) is 0 Å². The van der Waals surface area contributed by atoms with E-state index in [2.05, 4.69) is 19.8 Å². The Morgan fingerprint density at radius 1 is 0.918 bits per heavy atom. The molecule has 0 saturated carbocycles. The molecule has 4 aromatic rings. The third kappa shape index (κ3) is 8.86. The molecule has 2 fully saturated rings. The van der Waals surface area contributed by atoms with Crippen molar-refractivity contribution in [2.45, 2.75) is 43.2 Å². The van der Waals surface area contributed by atoms with E-state index in [9.17, 15) is 26.4 Å². The van der Waals surface area contributed by atoms with Gasteiger partial charge in [0.25, 0.3) is 5.91 Å². The number of benzene rings is 3. The standard InChI is InChI=1S/C35H36F3N5O5S/c1-42-18-17-29(22-42)47-31-12-9-27(21-30(31)41-49(45,46)23-24-5-3-2-4-6-24)34(44)43-19-15-26(16-20-43)25-7-10-28(11-8-25)48-33-14-13-32(39-40-33)35(36,37)38/h2-14,21,26,29,41H,15-20,22-23H2,1H3/t29-/m1/s1. The highest BCUT2D eigenvalue weighted by molar-refractivity contribution is 7.91. The highest BCUT2D eigenvalue weighted by Crippen LogP contribution is 2.34. The zero-order chi connectivity index (χ0) is 34.6. The van der Waals surface area contributed by atoms with Gasteiger partial charge in [0.1, 0.15) is 17.6 Å². The summed E-state index contributed by atoms with van der Waals surface area (Å²) < 4.78 is 79.1. The van der Waals surface area contributed by atoms with Crippen LogP contribution in [0.25, 0.3) is 0 Å². The van der Waals surface area contributed by atoms with Gasteiger partial charge in [-0.15, -0.1) is 10.2 Å². The van der Waals surface area contributed by atoms with E-state index in [0.717, 1.165) is 37.2 Å². The summed E-state index contributed by atoms with van der Waals surface area (Å²) in [6, 6.07) is 22.9. The Kier molecular flexibility index (Phi) is 10.1. The molecule has 0 radical (unpaired) electrons. The van der Waals surface area contributed by atoms with Gasteiger partial charge in [-0.1, -0.05) is 42.5 Å². The molecule has 2 saturated heterocycles. The molecule has 10 nitrogen and oxygen atoms in total. The molecule has 0 unspecified atom stereocenters. The third-order valence-corrected chi connectivity index (χ3v) is 9.86. The van der Waals surface area contributed by atoms with E-state index in [0.29, 0.717) is 48.6 Å². The maximum Gasteiger partial charge on any atom is 0.435 e. The van der Waals surface area contributed by atoms with E-state index in [1.165, 1.54) is 0 Å². The molecular formula is C35H36F3N5O5S. The molecule has 3 aromatic carbocycles. The number of sulfonamides is 1. The fourth-order valence-corrected chi connectivity index (χ4v) is 7.26. The summed E-state index contributed by atoms with van der Waals surface area (Å²) in [5.41, 5.74) is 1.19. The van der Waals surface area contributed by atoms with Crippen molar-refractivity contribution >= 4 is 21.6 Å². The molecule has 0 spiro atoms. The Bertz CT molecular complexity index is 1850. The number of carbonyl (C=O) groups is 1. The minimum atomic E-state index is -4.58. The maximum atomic E-state index is 13.7. The van der Waals surface area contributed by atoms with Crippen LogP contribution in [0.1, 0.15) is 52.4 Å². The van der Waals surface area contributed by atoms with Gasteiger partial charge in [-0.05, 0) is 79.8 Å². The Hall–Kier alpha value is -4.69. The molecule has 6 rings (SSSR count). The van der Waals surface area contributed by atoms with Gasteiger partial charge < -0.3 is 19.3 Å². The van der Waals surface area contributed by atoms with E-state index < -0.39 is 21.9 Å². The fraction of sp³-hybridized carbons (Fsp3) is 0.343. The minimum Gasteiger partial charge on any atom is -0.487 e. The van der Waals surface area contributed by atoms with Crippen LogP contribution >= 0.6 is 0 Å². The summed E-state index contributed by atoms with van der Waals surface area (Å²) >= 11 is 0. The average molecular weight is 696 g/mol. The summed E-state index contributed by atoms with van der Waals surface area (Å²) in [5, 5.41) is 6.67. The van der Waals surface area contributed by atoms with Crippen molar-refractivity contribution in [3.8, 4) is 17.4 Å². The van der Waals surface area contributed by atoms with Crippen LogP contribution in [0.4, 0.5) is 18.9 Å². The number of amides is 1. The molecule has 258 valence electrons. The fourth-order valence-electron chi connectivity index (χ4n) is 6.07. The molecular weight excluding hydrogens is 659 g/mol. The largest absolute Gasteiger partial charge is 0.487 e. The number of hydrogen-bond acceptors (Lipinski definition) is 8. The number of hydrogen-bond donors (Lipinski definition) is 1. The van der Waals surface area contributed by atoms with E-state index in [4.69, 9.17) is 9.47 Å². The van der Waals surface area contributed by atoms with Crippen LogP contribution in [-0.2, 0) is 22.0 Å². The number of rotatable bonds is 10. The Morgan fingerprint density at radius 3 is 2.29 bits per heavy atom.